The van der Waals surface area contributed by atoms with Crippen molar-refractivity contribution < 1.29 is 13.0 Å². The lowest BCUT2D eigenvalue weighted by Crippen LogP contribution is -2.19. The van der Waals surface area contributed by atoms with Gasteiger partial charge in [-0.25, -0.2) is 0 Å². The van der Waals surface area contributed by atoms with Gasteiger partial charge in [0, 0.05) is 0 Å². The summed E-state index contributed by atoms with van der Waals surface area (Å²) < 4.78 is 31.8. The molecule has 15 heavy (non-hydrogen) atoms. The maximum absolute atomic E-state index is 11.3. The van der Waals surface area contributed by atoms with Crippen LogP contribution in [-0.2, 0) is 10.1 Å². The predicted octanol–water partition coefficient (Wildman–Crippen LogP) is 2.66. The van der Waals surface area contributed by atoms with E-state index in [0.29, 0.717) is 12.0 Å². The first-order valence-electron chi connectivity index (χ1n) is 4.98. The minimum atomic E-state index is -4.03. The third-order valence-electron chi connectivity index (χ3n) is 2.61. The SMILES string of the molecule is CCC(C)C(c1ccccc1)S(=O)(=O)O. The van der Waals surface area contributed by atoms with Gasteiger partial charge in [0.2, 0.25) is 0 Å². The van der Waals surface area contributed by atoms with Crippen LogP contribution in [0, 0.1) is 5.92 Å². The molecule has 0 amide bonds. The summed E-state index contributed by atoms with van der Waals surface area (Å²) in [6, 6.07) is 8.82. The van der Waals surface area contributed by atoms with Crippen LogP contribution < -0.4 is 0 Å². The molecule has 1 rings (SSSR count). The van der Waals surface area contributed by atoms with Gasteiger partial charge in [0.15, 0.2) is 0 Å². The van der Waals surface area contributed by atoms with Crippen molar-refractivity contribution in [3.05, 3.63) is 35.9 Å². The third kappa shape index (κ3) is 3.04. The Bertz CT molecular complexity index is 397. The Morgan fingerprint density at radius 2 is 1.80 bits per heavy atom. The molecule has 0 heterocycles. The van der Waals surface area contributed by atoms with E-state index in [1.54, 1.807) is 24.3 Å². The van der Waals surface area contributed by atoms with E-state index >= 15 is 0 Å². The van der Waals surface area contributed by atoms with Crippen LogP contribution in [0.3, 0.4) is 0 Å². The molecule has 84 valence electrons. The van der Waals surface area contributed by atoms with Crippen LogP contribution in [0.4, 0.5) is 0 Å². The number of hydrogen-bond acceptors (Lipinski definition) is 2. The molecule has 2 atom stereocenters. The largest absolute Gasteiger partial charge is 0.285 e. The molecular formula is C11H16O3S. The van der Waals surface area contributed by atoms with Gasteiger partial charge in [0.1, 0.15) is 5.25 Å². The van der Waals surface area contributed by atoms with Gasteiger partial charge in [-0.15, -0.1) is 0 Å². The molecule has 0 fully saturated rings. The van der Waals surface area contributed by atoms with Gasteiger partial charge >= 0.3 is 0 Å². The van der Waals surface area contributed by atoms with Crippen molar-refractivity contribution in [1.29, 1.82) is 0 Å². The normalized spacial score (nSPS) is 15.9. The van der Waals surface area contributed by atoms with E-state index in [0.717, 1.165) is 0 Å². The Labute approximate surface area is 90.9 Å². The van der Waals surface area contributed by atoms with E-state index in [2.05, 4.69) is 0 Å². The van der Waals surface area contributed by atoms with Crippen LogP contribution in [0.15, 0.2) is 30.3 Å². The second kappa shape index (κ2) is 4.77. The zero-order valence-electron chi connectivity index (χ0n) is 8.92. The summed E-state index contributed by atoms with van der Waals surface area (Å²) in [4.78, 5) is 0. The van der Waals surface area contributed by atoms with Crippen LogP contribution in [-0.4, -0.2) is 13.0 Å². The monoisotopic (exact) mass is 228 g/mol. The molecule has 0 aliphatic heterocycles. The maximum atomic E-state index is 11.3. The summed E-state index contributed by atoms with van der Waals surface area (Å²) in [5.41, 5.74) is 0.648. The van der Waals surface area contributed by atoms with E-state index in [4.69, 9.17) is 0 Å². The fourth-order valence-electron chi connectivity index (χ4n) is 1.65. The average molecular weight is 228 g/mol. The Hall–Kier alpha value is -0.870. The highest BCUT2D eigenvalue weighted by Gasteiger charge is 2.29. The van der Waals surface area contributed by atoms with Crippen LogP contribution in [0.2, 0.25) is 0 Å². The average Bonchev–Trinajstić information content (AvgIpc) is 2.17. The third-order valence-corrected chi connectivity index (χ3v) is 3.99. The molecule has 4 heteroatoms. The van der Waals surface area contributed by atoms with Crippen molar-refractivity contribution in [1.82, 2.24) is 0 Å². The van der Waals surface area contributed by atoms with Crippen molar-refractivity contribution in [2.75, 3.05) is 0 Å². The first-order chi connectivity index (χ1) is 6.96. The fourth-order valence-corrected chi connectivity index (χ4v) is 2.93. The van der Waals surface area contributed by atoms with Gasteiger partial charge in [-0.1, -0.05) is 50.6 Å². The zero-order valence-corrected chi connectivity index (χ0v) is 9.74. The van der Waals surface area contributed by atoms with E-state index in [-0.39, 0.29) is 5.92 Å². The Morgan fingerprint density at radius 1 is 1.27 bits per heavy atom. The predicted molar refractivity (Wildman–Crippen MR) is 60.2 cm³/mol. The number of rotatable bonds is 4. The molecule has 0 saturated carbocycles. The van der Waals surface area contributed by atoms with Gasteiger partial charge in [0.05, 0.1) is 0 Å². The molecule has 1 N–H and O–H groups in total. The quantitative estimate of drug-likeness (QED) is 0.806. The van der Waals surface area contributed by atoms with Crippen LogP contribution in [0.5, 0.6) is 0 Å². The highest BCUT2D eigenvalue weighted by atomic mass is 32.2. The summed E-state index contributed by atoms with van der Waals surface area (Å²) in [6.45, 7) is 3.73. The lowest BCUT2D eigenvalue weighted by molar-refractivity contribution is 0.430. The molecule has 3 nitrogen and oxygen atoms in total. The highest BCUT2D eigenvalue weighted by Crippen LogP contribution is 2.31. The molecule has 2 unspecified atom stereocenters. The Balaban J connectivity index is 3.14. The second-order valence-electron chi connectivity index (χ2n) is 3.73. The molecule has 0 aliphatic rings. The van der Waals surface area contributed by atoms with Crippen LogP contribution in [0.25, 0.3) is 0 Å². The summed E-state index contributed by atoms with van der Waals surface area (Å²) in [7, 11) is -4.03. The molecular weight excluding hydrogens is 212 g/mol. The second-order valence-corrected chi connectivity index (χ2v) is 5.27. The van der Waals surface area contributed by atoms with Gasteiger partial charge in [0.25, 0.3) is 10.1 Å². The lowest BCUT2D eigenvalue weighted by Gasteiger charge is -2.20. The van der Waals surface area contributed by atoms with E-state index in [1.165, 1.54) is 0 Å². The molecule has 0 saturated heterocycles. The molecule has 0 aliphatic carbocycles. The maximum Gasteiger partial charge on any atom is 0.272 e. The summed E-state index contributed by atoms with van der Waals surface area (Å²) in [6.07, 6.45) is 0.708. The van der Waals surface area contributed by atoms with Crippen molar-refractivity contribution in [3.8, 4) is 0 Å². The summed E-state index contributed by atoms with van der Waals surface area (Å²) in [5.74, 6) is -0.0950. The number of hydrogen-bond donors (Lipinski definition) is 1. The van der Waals surface area contributed by atoms with Crippen LogP contribution in [0.1, 0.15) is 31.1 Å². The van der Waals surface area contributed by atoms with Crippen LogP contribution >= 0.6 is 0 Å². The van der Waals surface area contributed by atoms with Gasteiger partial charge in [-0.3, -0.25) is 4.55 Å². The molecule has 0 bridgehead atoms. The molecule has 0 spiro atoms. The topological polar surface area (TPSA) is 54.4 Å². The standard InChI is InChI=1S/C11H16O3S/c1-3-9(2)11(15(12,13)14)10-7-5-4-6-8-10/h4-9,11H,3H2,1-2H3,(H,12,13,14). The van der Waals surface area contributed by atoms with Gasteiger partial charge in [-0.05, 0) is 11.5 Å². The van der Waals surface area contributed by atoms with Crippen molar-refractivity contribution in [2.24, 2.45) is 5.92 Å². The van der Waals surface area contributed by atoms with E-state index in [9.17, 15) is 13.0 Å². The van der Waals surface area contributed by atoms with Crippen molar-refractivity contribution in [3.63, 3.8) is 0 Å². The molecule has 1 aromatic rings. The van der Waals surface area contributed by atoms with Gasteiger partial charge < -0.3 is 0 Å². The minimum absolute atomic E-state index is 0.0950. The summed E-state index contributed by atoms with van der Waals surface area (Å²) in [5, 5.41) is -0.816. The molecule has 0 aromatic heterocycles. The minimum Gasteiger partial charge on any atom is -0.285 e. The summed E-state index contributed by atoms with van der Waals surface area (Å²) >= 11 is 0. The number of benzene rings is 1. The van der Waals surface area contributed by atoms with E-state index in [1.807, 2.05) is 19.9 Å². The van der Waals surface area contributed by atoms with Crippen molar-refractivity contribution in [2.45, 2.75) is 25.5 Å². The Kier molecular flexibility index (Phi) is 3.88. The zero-order chi connectivity index (χ0) is 11.5. The highest BCUT2D eigenvalue weighted by molar-refractivity contribution is 7.86. The lowest BCUT2D eigenvalue weighted by atomic mass is 9.98. The molecule has 1 aromatic carbocycles. The fraction of sp³-hybridized carbons (Fsp3) is 0.455. The first-order valence-corrected chi connectivity index (χ1v) is 6.48. The molecule has 0 radical (unpaired) electrons. The van der Waals surface area contributed by atoms with E-state index < -0.39 is 15.4 Å². The Morgan fingerprint density at radius 3 is 2.20 bits per heavy atom. The van der Waals surface area contributed by atoms with Gasteiger partial charge in [-0.2, -0.15) is 8.42 Å². The van der Waals surface area contributed by atoms with Crippen molar-refractivity contribution >= 4 is 10.1 Å². The first kappa shape index (κ1) is 12.2. The smallest absolute Gasteiger partial charge is 0.272 e.